The quantitative estimate of drug-likeness (QED) is 0.788. The summed E-state index contributed by atoms with van der Waals surface area (Å²) in [4.78, 5) is 24.6. The summed E-state index contributed by atoms with van der Waals surface area (Å²) in [5.74, 6) is 0.459. The molecule has 0 heterocycles. The molecule has 0 aromatic heterocycles. The number of carbonyl (C=O) groups is 2. The van der Waals surface area contributed by atoms with E-state index in [1.165, 1.54) is 7.11 Å². The molecule has 0 aliphatic heterocycles. The van der Waals surface area contributed by atoms with Crippen LogP contribution in [0.5, 0.6) is 11.5 Å². The third-order valence-corrected chi connectivity index (χ3v) is 3.70. The van der Waals surface area contributed by atoms with Gasteiger partial charge in [-0.15, -0.1) is 0 Å². The molecule has 1 aromatic rings. The SMILES string of the molecule is COc1ccc(NC(=O)C(C)(C)C(=O)NC2CC2)c(OC)c1. The molecule has 1 saturated carbocycles. The zero-order valence-electron chi connectivity index (χ0n) is 13.4. The van der Waals surface area contributed by atoms with Crippen molar-refractivity contribution < 1.29 is 19.1 Å². The van der Waals surface area contributed by atoms with Gasteiger partial charge in [0, 0.05) is 12.1 Å². The molecule has 22 heavy (non-hydrogen) atoms. The fraction of sp³-hybridized carbons (Fsp3) is 0.500. The van der Waals surface area contributed by atoms with E-state index in [0.29, 0.717) is 17.2 Å². The van der Waals surface area contributed by atoms with Crippen LogP contribution in [0.1, 0.15) is 26.7 Å². The van der Waals surface area contributed by atoms with Crippen molar-refractivity contribution in [2.24, 2.45) is 5.41 Å². The minimum Gasteiger partial charge on any atom is -0.497 e. The standard InChI is InChI=1S/C16H22N2O4/c1-16(2,14(19)17-10-5-6-10)15(20)18-12-8-7-11(21-3)9-13(12)22-4/h7-10H,5-6H2,1-4H3,(H,17,19)(H,18,20). The molecule has 1 aromatic carbocycles. The Labute approximate surface area is 130 Å². The first kappa shape index (κ1) is 16.1. The van der Waals surface area contributed by atoms with Crippen molar-refractivity contribution in [2.75, 3.05) is 19.5 Å². The maximum atomic E-state index is 12.4. The summed E-state index contributed by atoms with van der Waals surface area (Å²) in [5, 5.41) is 5.60. The second-order valence-corrected chi connectivity index (χ2v) is 5.89. The molecule has 0 bridgehead atoms. The highest BCUT2D eigenvalue weighted by molar-refractivity contribution is 6.10. The van der Waals surface area contributed by atoms with Gasteiger partial charge in [0.25, 0.3) is 0 Å². The van der Waals surface area contributed by atoms with Crippen LogP contribution in [-0.2, 0) is 9.59 Å². The molecule has 0 unspecified atom stereocenters. The molecule has 6 nitrogen and oxygen atoms in total. The van der Waals surface area contributed by atoms with Crippen LogP contribution >= 0.6 is 0 Å². The first-order chi connectivity index (χ1) is 10.4. The van der Waals surface area contributed by atoms with Gasteiger partial charge in [0.1, 0.15) is 16.9 Å². The number of carbonyl (C=O) groups excluding carboxylic acids is 2. The lowest BCUT2D eigenvalue weighted by molar-refractivity contribution is -0.138. The van der Waals surface area contributed by atoms with Gasteiger partial charge >= 0.3 is 0 Å². The number of benzene rings is 1. The monoisotopic (exact) mass is 306 g/mol. The second-order valence-electron chi connectivity index (χ2n) is 5.89. The molecule has 1 aliphatic rings. The molecule has 0 spiro atoms. The molecule has 2 rings (SSSR count). The number of nitrogens with one attached hydrogen (secondary N) is 2. The summed E-state index contributed by atoms with van der Waals surface area (Å²) in [5.41, 5.74) is -0.659. The number of anilines is 1. The average molecular weight is 306 g/mol. The van der Waals surface area contributed by atoms with Crippen LogP contribution in [-0.4, -0.2) is 32.1 Å². The van der Waals surface area contributed by atoms with Gasteiger partial charge in [-0.05, 0) is 38.8 Å². The smallest absolute Gasteiger partial charge is 0.239 e. The van der Waals surface area contributed by atoms with Gasteiger partial charge in [-0.1, -0.05) is 0 Å². The zero-order valence-corrected chi connectivity index (χ0v) is 13.4. The summed E-state index contributed by atoms with van der Waals surface area (Å²) < 4.78 is 10.4. The molecule has 6 heteroatoms. The van der Waals surface area contributed by atoms with E-state index in [4.69, 9.17) is 9.47 Å². The Morgan fingerprint density at radius 3 is 2.36 bits per heavy atom. The summed E-state index contributed by atoms with van der Waals surface area (Å²) in [6, 6.07) is 5.29. The van der Waals surface area contributed by atoms with Crippen molar-refractivity contribution in [2.45, 2.75) is 32.7 Å². The largest absolute Gasteiger partial charge is 0.497 e. The van der Waals surface area contributed by atoms with E-state index >= 15 is 0 Å². The molecular formula is C16H22N2O4. The lowest BCUT2D eigenvalue weighted by atomic mass is 9.91. The number of methoxy groups -OCH3 is 2. The molecule has 0 saturated heterocycles. The Bertz CT molecular complexity index is 580. The zero-order chi connectivity index (χ0) is 16.3. The van der Waals surface area contributed by atoms with E-state index in [1.54, 1.807) is 39.2 Å². The van der Waals surface area contributed by atoms with Crippen molar-refractivity contribution in [3.8, 4) is 11.5 Å². The van der Waals surface area contributed by atoms with E-state index in [1.807, 2.05) is 0 Å². The Balaban J connectivity index is 2.11. The maximum Gasteiger partial charge on any atom is 0.239 e. The minimum absolute atomic E-state index is 0.218. The lowest BCUT2D eigenvalue weighted by Crippen LogP contribution is -2.45. The molecular weight excluding hydrogens is 284 g/mol. The third-order valence-electron chi connectivity index (χ3n) is 3.70. The van der Waals surface area contributed by atoms with Crippen LogP contribution in [0.15, 0.2) is 18.2 Å². The van der Waals surface area contributed by atoms with Crippen LogP contribution < -0.4 is 20.1 Å². The first-order valence-electron chi connectivity index (χ1n) is 7.23. The van der Waals surface area contributed by atoms with Gasteiger partial charge in [0.2, 0.25) is 11.8 Å². The van der Waals surface area contributed by atoms with Crippen molar-refractivity contribution in [3.05, 3.63) is 18.2 Å². The van der Waals surface area contributed by atoms with Crippen molar-refractivity contribution in [3.63, 3.8) is 0 Å². The van der Waals surface area contributed by atoms with Gasteiger partial charge in [-0.25, -0.2) is 0 Å². The maximum absolute atomic E-state index is 12.4. The minimum atomic E-state index is -1.16. The molecule has 120 valence electrons. The Hall–Kier alpha value is -2.24. The normalized spacial score (nSPS) is 14.2. The van der Waals surface area contributed by atoms with Crippen LogP contribution in [0.25, 0.3) is 0 Å². The first-order valence-corrected chi connectivity index (χ1v) is 7.23. The molecule has 1 aliphatic carbocycles. The summed E-state index contributed by atoms with van der Waals surface area (Å²) in [6.45, 7) is 3.21. The van der Waals surface area contributed by atoms with E-state index < -0.39 is 5.41 Å². The Kier molecular flexibility index (Phi) is 4.59. The van der Waals surface area contributed by atoms with Crippen molar-refractivity contribution in [1.82, 2.24) is 5.32 Å². The predicted molar refractivity (Wildman–Crippen MR) is 83.1 cm³/mol. The van der Waals surface area contributed by atoms with E-state index in [0.717, 1.165) is 12.8 Å². The highest BCUT2D eigenvalue weighted by atomic mass is 16.5. The predicted octanol–water partition coefficient (Wildman–Crippen LogP) is 1.95. The van der Waals surface area contributed by atoms with Crippen LogP contribution in [0.2, 0.25) is 0 Å². The van der Waals surface area contributed by atoms with E-state index in [-0.39, 0.29) is 17.9 Å². The molecule has 0 atom stereocenters. The Morgan fingerprint density at radius 2 is 1.82 bits per heavy atom. The average Bonchev–Trinajstić information content (AvgIpc) is 3.31. The van der Waals surface area contributed by atoms with Crippen LogP contribution in [0.3, 0.4) is 0 Å². The van der Waals surface area contributed by atoms with Crippen LogP contribution in [0, 0.1) is 5.41 Å². The van der Waals surface area contributed by atoms with Crippen molar-refractivity contribution >= 4 is 17.5 Å². The summed E-state index contributed by atoms with van der Waals surface area (Å²) >= 11 is 0. The number of rotatable bonds is 6. The number of amides is 2. The second kappa shape index (κ2) is 6.25. The topological polar surface area (TPSA) is 76.7 Å². The highest BCUT2D eigenvalue weighted by Crippen LogP contribution is 2.31. The number of hydrogen-bond donors (Lipinski definition) is 2. The lowest BCUT2D eigenvalue weighted by Gasteiger charge is -2.23. The summed E-state index contributed by atoms with van der Waals surface area (Å²) in [6.07, 6.45) is 1.96. The number of hydrogen-bond acceptors (Lipinski definition) is 4. The van der Waals surface area contributed by atoms with Crippen molar-refractivity contribution in [1.29, 1.82) is 0 Å². The van der Waals surface area contributed by atoms with Gasteiger partial charge < -0.3 is 20.1 Å². The van der Waals surface area contributed by atoms with E-state index in [9.17, 15) is 9.59 Å². The number of ether oxygens (including phenoxy) is 2. The van der Waals surface area contributed by atoms with Gasteiger partial charge in [-0.3, -0.25) is 9.59 Å². The van der Waals surface area contributed by atoms with Gasteiger partial charge in [0.15, 0.2) is 0 Å². The third kappa shape index (κ3) is 3.50. The molecule has 2 N–H and O–H groups in total. The van der Waals surface area contributed by atoms with Crippen LogP contribution in [0.4, 0.5) is 5.69 Å². The fourth-order valence-corrected chi connectivity index (χ4v) is 1.88. The molecule has 2 amide bonds. The highest BCUT2D eigenvalue weighted by Gasteiger charge is 2.39. The van der Waals surface area contributed by atoms with Gasteiger partial charge in [0.05, 0.1) is 19.9 Å². The molecule has 1 fully saturated rings. The summed E-state index contributed by atoms with van der Waals surface area (Å²) in [7, 11) is 3.06. The Morgan fingerprint density at radius 1 is 1.14 bits per heavy atom. The fourth-order valence-electron chi connectivity index (χ4n) is 1.88. The molecule has 0 radical (unpaired) electrons. The van der Waals surface area contributed by atoms with Gasteiger partial charge in [-0.2, -0.15) is 0 Å². The van der Waals surface area contributed by atoms with E-state index in [2.05, 4.69) is 10.6 Å².